The second kappa shape index (κ2) is 9.89. The van der Waals surface area contributed by atoms with Gasteiger partial charge in [0.05, 0.1) is 19.3 Å². The summed E-state index contributed by atoms with van der Waals surface area (Å²) in [5, 5.41) is 3.14. The summed E-state index contributed by atoms with van der Waals surface area (Å²) < 4.78 is 5.64. The summed E-state index contributed by atoms with van der Waals surface area (Å²) >= 11 is 0. The summed E-state index contributed by atoms with van der Waals surface area (Å²) in [4.78, 5) is 25.1. The van der Waals surface area contributed by atoms with Gasteiger partial charge in [0.1, 0.15) is 17.4 Å². The minimum absolute atomic E-state index is 0.00551. The van der Waals surface area contributed by atoms with Gasteiger partial charge in [-0.05, 0) is 31.9 Å². The Morgan fingerprint density at radius 1 is 1.37 bits per heavy atom. The Morgan fingerprint density at radius 2 is 2.17 bits per heavy atom. The molecule has 0 saturated carbocycles. The number of carbonyl (C=O) groups excluding carboxylic acids is 1. The number of rotatable bonds is 7. The Hall–Kier alpha value is -2.67. The second-order valence-electron chi connectivity index (χ2n) is 8.06. The molecule has 1 fully saturated rings. The highest BCUT2D eigenvalue weighted by molar-refractivity contribution is 5.72. The Morgan fingerprint density at radius 3 is 2.87 bits per heavy atom. The maximum absolute atomic E-state index is 11.6. The fraction of sp³-hybridized carbons (Fsp3) is 0.522. The number of benzene rings is 1. The van der Waals surface area contributed by atoms with Crippen molar-refractivity contribution in [1.82, 2.24) is 19.8 Å². The van der Waals surface area contributed by atoms with Crippen molar-refractivity contribution >= 4 is 11.7 Å². The molecule has 7 nitrogen and oxygen atoms in total. The van der Waals surface area contributed by atoms with Gasteiger partial charge in [-0.1, -0.05) is 18.2 Å². The summed E-state index contributed by atoms with van der Waals surface area (Å²) in [5.41, 5.74) is 3.43. The molecule has 1 atom stereocenters. The Balaban J connectivity index is 1.78. The molecule has 30 heavy (non-hydrogen) atoms. The van der Waals surface area contributed by atoms with Crippen molar-refractivity contribution in [2.75, 3.05) is 39.6 Å². The van der Waals surface area contributed by atoms with Gasteiger partial charge < -0.3 is 15.0 Å². The van der Waals surface area contributed by atoms with Gasteiger partial charge >= 0.3 is 0 Å². The van der Waals surface area contributed by atoms with Crippen LogP contribution in [0.2, 0.25) is 0 Å². The van der Waals surface area contributed by atoms with E-state index >= 15 is 0 Å². The molecule has 1 saturated heterocycles. The van der Waals surface area contributed by atoms with Crippen molar-refractivity contribution in [1.29, 1.82) is 0 Å². The van der Waals surface area contributed by atoms with E-state index in [2.05, 4.69) is 40.3 Å². The topological polar surface area (TPSA) is 70.6 Å². The van der Waals surface area contributed by atoms with E-state index in [9.17, 15) is 4.79 Å². The third kappa shape index (κ3) is 5.27. The molecule has 1 aromatic heterocycles. The van der Waals surface area contributed by atoms with Crippen molar-refractivity contribution in [3.05, 3.63) is 46.9 Å². The Kier molecular flexibility index (Phi) is 7.26. The van der Waals surface area contributed by atoms with Gasteiger partial charge in [0, 0.05) is 51.7 Å². The smallest absolute Gasteiger partial charge is 0.219 e. The van der Waals surface area contributed by atoms with Gasteiger partial charge in [0.25, 0.3) is 0 Å². The highest BCUT2D eigenvalue weighted by atomic mass is 16.5. The molecular formula is C23H33N5O2. The number of anilines is 1. The quantitative estimate of drug-likeness (QED) is 0.755. The van der Waals surface area contributed by atoms with Crippen molar-refractivity contribution in [2.45, 2.75) is 45.7 Å². The first-order chi connectivity index (χ1) is 14.4. The predicted molar refractivity (Wildman–Crippen MR) is 119 cm³/mol. The molecule has 0 aliphatic carbocycles. The number of methoxy groups -OCH3 is 1. The fourth-order valence-corrected chi connectivity index (χ4v) is 4.06. The minimum atomic E-state index is 0.00551. The number of hydrogen-bond donors (Lipinski definition) is 1. The van der Waals surface area contributed by atoms with E-state index in [1.807, 2.05) is 13.1 Å². The molecule has 1 aliphatic rings. The van der Waals surface area contributed by atoms with Crippen LogP contribution in [0.15, 0.2) is 24.3 Å². The van der Waals surface area contributed by atoms with Crippen LogP contribution in [0, 0.1) is 6.92 Å². The Labute approximate surface area is 179 Å². The van der Waals surface area contributed by atoms with Crippen LogP contribution in [-0.2, 0) is 17.9 Å². The van der Waals surface area contributed by atoms with Crippen LogP contribution in [0.4, 0.5) is 5.82 Å². The molecule has 1 N–H and O–H groups in total. The van der Waals surface area contributed by atoms with Crippen LogP contribution in [-0.4, -0.2) is 60.0 Å². The number of carbonyl (C=O) groups is 1. The normalized spacial score (nSPS) is 16.9. The van der Waals surface area contributed by atoms with Crippen LogP contribution in [0.5, 0.6) is 5.75 Å². The number of amides is 1. The molecule has 3 rings (SSSR count). The van der Waals surface area contributed by atoms with E-state index in [1.165, 1.54) is 5.56 Å². The lowest BCUT2D eigenvalue weighted by atomic mass is 9.93. The van der Waals surface area contributed by atoms with E-state index < -0.39 is 0 Å². The van der Waals surface area contributed by atoms with Gasteiger partial charge in [-0.2, -0.15) is 0 Å². The molecule has 1 aliphatic heterocycles. The van der Waals surface area contributed by atoms with Gasteiger partial charge in [-0.25, -0.2) is 9.97 Å². The van der Waals surface area contributed by atoms with Crippen molar-refractivity contribution < 1.29 is 9.53 Å². The number of likely N-dealkylation sites (tertiary alicyclic amines) is 1. The maximum Gasteiger partial charge on any atom is 0.219 e. The summed E-state index contributed by atoms with van der Waals surface area (Å²) in [6.45, 7) is 6.93. The average Bonchev–Trinajstić information content (AvgIpc) is 2.73. The molecule has 0 radical (unpaired) electrons. The summed E-state index contributed by atoms with van der Waals surface area (Å²) in [6, 6.07) is 8.37. The lowest BCUT2D eigenvalue weighted by Crippen LogP contribution is -2.34. The van der Waals surface area contributed by atoms with Crippen molar-refractivity contribution in [2.24, 2.45) is 0 Å². The number of hydrogen-bond acceptors (Lipinski definition) is 6. The molecule has 7 heteroatoms. The van der Waals surface area contributed by atoms with Gasteiger partial charge in [0.2, 0.25) is 5.91 Å². The zero-order chi connectivity index (χ0) is 21.7. The molecule has 0 unspecified atom stereocenters. The van der Waals surface area contributed by atoms with Crippen molar-refractivity contribution in [3.8, 4) is 5.75 Å². The summed E-state index contributed by atoms with van der Waals surface area (Å²) in [5.74, 6) is 2.79. The molecule has 0 spiro atoms. The lowest BCUT2D eigenvalue weighted by molar-refractivity contribution is -0.128. The van der Waals surface area contributed by atoms with Crippen LogP contribution >= 0.6 is 0 Å². The van der Waals surface area contributed by atoms with Crippen LogP contribution in [0.25, 0.3) is 0 Å². The summed E-state index contributed by atoms with van der Waals surface area (Å²) in [7, 11) is 5.38. The molecule has 0 bridgehead atoms. The first-order valence-electron chi connectivity index (χ1n) is 10.5. The zero-order valence-electron chi connectivity index (χ0n) is 18.7. The minimum Gasteiger partial charge on any atom is -0.496 e. The number of nitrogens with zero attached hydrogens (tertiary/aromatic N) is 4. The first kappa shape index (κ1) is 22.0. The predicted octanol–water partition coefficient (Wildman–Crippen LogP) is 3.19. The lowest BCUT2D eigenvalue weighted by Gasteiger charge is -2.33. The standard InChI is InChI=1S/C23H33N5O2/c1-16-8-6-9-19(23(16)30-5)14-28-11-7-10-18(13-28)20-12-21(24-3)26-22(25-20)15-27(4)17(2)29/h6,8-9,12,18H,7,10-11,13-15H2,1-5H3,(H,24,25,26)/t18-/m1/s1. The van der Waals surface area contributed by atoms with E-state index in [1.54, 1.807) is 26.0 Å². The number of aryl methyl sites for hydroxylation is 1. The van der Waals surface area contributed by atoms with Crippen molar-refractivity contribution in [3.63, 3.8) is 0 Å². The third-order valence-corrected chi connectivity index (χ3v) is 5.78. The molecule has 162 valence electrons. The zero-order valence-corrected chi connectivity index (χ0v) is 18.7. The fourth-order valence-electron chi connectivity index (χ4n) is 4.06. The van der Waals surface area contributed by atoms with E-state index in [-0.39, 0.29) is 5.91 Å². The summed E-state index contributed by atoms with van der Waals surface area (Å²) in [6.07, 6.45) is 2.23. The van der Waals surface area contributed by atoms with Crippen LogP contribution in [0.1, 0.15) is 48.3 Å². The first-order valence-corrected chi connectivity index (χ1v) is 10.5. The maximum atomic E-state index is 11.6. The molecule has 1 aromatic carbocycles. The SMILES string of the molecule is CNc1cc([C@@H]2CCCN(Cc3cccc(C)c3OC)C2)nc(CN(C)C(C)=O)n1. The average molecular weight is 412 g/mol. The van der Waals surface area contributed by atoms with Crippen LogP contribution < -0.4 is 10.1 Å². The molecule has 1 amide bonds. The molecular weight excluding hydrogens is 378 g/mol. The van der Waals surface area contributed by atoms with Gasteiger partial charge in [-0.3, -0.25) is 9.69 Å². The number of ether oxygens (including phenoxy) is 1. The number of aromatic nitrogens is 2. The molecule has 2 heterocycles. The highest BCUT2D eigenvalue weighted by Gasteiger charge is 2.24. The van der Waals surface area contributed by atoms with Gasteiger partial charge in [0.15, 0.2) is 0 Å². The van der Waals surface area contributed by atoms with Gasteiger partial charge in [-0.15, -0.1) is 0 Å². The third-order valence-electron chi connectivity index (χ3n) is 5.78. The Bertz CT molecular complexity index is 886. The molecule has 2 aromatic rings. The van der Waals surface area contributed by atoms with E-state index in [4.69, 9.17) is 9.72 Å². The van der Waals surface area contributed by atoms with Crippen LogP contribution in [0.3, 0.4) is 0 Å². The van der Waals surface area contributed by atoms with E-state index in [0.717, 1.165) is 55.3 Å². The largest absolute Gasteiger partial charge is 0.496 e. The number of piperidine rings is 1. The number of nitrogens with one attached hydrogen (secondary N) is 1. The second-order valence-corrected chi connectivity index (χ2v) is 8.06. The highest BCUT2D eigenvalue weighted by Crippen LogP contribution is 2.30. The number of para-hydroxylation sites is 1. The monoisotopic (exact) mass is 411 g/mol. The van der Waals surface area contributed by atoms with E-state index in [0.29, 0.717) is 18.3 Å².